The second-order valence-electron chi connectivity index (χ2n) is 4.09. The molecule has 0 saturated heterocycles. The highest BCUT2D eigenvalue weighted by Crippen LogP contribution is 2.34. The van der Waals surface area contributed by atoms with Crippen molar-refractivity contribution in [2.75, 3.05) is 21.1 Å². The van der Waals surface area contributed by atoms with Crippen molar-refractivity contribution in [3.05, 3.63) is 11.6 Å². The van der Waals surface area contributed by atoms with Gasteiger partial charge < -0.3 is 10.2 Å². The van der Waals surface area contributed by atoms with Crippen molar-refractivity contribution in [3.63, 3.8) is 0 Å². The van der Waals surface area contributed by atoms with Gasteiger partial charge in [0, 0.05) is 17.7 Å². The van der Waals surface area contributed by atoms with Crippen molar-refractivity contribution in [2.24, 2.45) is 0 Å². The van der Waals surface area contributed by atoms with Gasteiger partial charge in [0.25, 0.3) is 0 Å². The number of halogens is 3. The molecule has 0 fully saturated rings. The molecule has 2 nitrogen and oxygen atoms in total. The lowest BCUT2D eigenvalue weighted by atomic mass is 9.89. The van der Waals surface area contributed by atoms with Gasteiger partial charge in [-0.05, 0) is 34.0 Å². The number of alkyl halides is 3. The summed E-state index contributed by atoms with van der Waals surface area (Å²) in [5.74, 6) is 0. The van der Waals surface area contributed by atoms with Crippen LogP contribution in [0.4, 0.5) is 13.2 Å². The molecular weight excluding hydrogens is 205 g/mol. The highest BCUT2D eigenvalue weighted by Gasteiger charge is 2.38. The van der Waals surface area contributed by atoms with E-state index in [4.69, 9.17) is 0 Å². The molecular formula is C10H17F3N2. The van der Waals surface area contributed by atoms with E-state index >= 15 is 0 Å². The van der Waals surface area contributed by atoms with Crippen LogP contribution in [0.5, 0.6) is 0 Å². The Hall–Kier alpha value is -0.550. The minimum Gasteiger partial charge on any atom is -0.315 e. The minimum atomic E-state index is -4.17. The Balaban J connectivity index is 2.78. The second kappa shape index (κ2) is 4.53. The number of rotatable bonds is 2. The molecule has 0 unspecified atom stereocenters. The van der Waals surface area contributed by atoms with Crippen molar-refractivity contribution in [1.82, 2.24) is 10.2 Å². The maximum absolute atomic E-state index is 12.5. The van der Waals surface area contributed by atoms with Crippen molar-refractivity contribution >= 4 is 0 Å². The summed E-state index contributed by atoms with van der Waals surface area (Å²) in [4.78, 5) is 1.96. The number of hydrogen-bond donors (Lipinski definition) is 1. The van der Waals surface area contributed by atoms with Gasteiger partial charge in [0.2, 0.25) is 0 Å². The molecule has 0 aromatic heterocycles. The first-order valence-electron chi connectivity index (χ1n) is 4.96. The van der Waals surface area contributed by atoms with Crippen LogP contribution in [-0.4, -0.2) is 44.3 Å². The van der Waals surface area contributed by atoms with E-state index in [0.29, 0.717) is 6.42 Å². The molecule has 15 heavy (non-hydrogen) atoms. The quantitative estimate of drug-likeness (QED) is 0.716. The summed E-state index contributed by atoms with van der Waals surface area (Å²) in [6.07, 6.45) is -2.35. The van der Waals surface area contributed by atoms with E-state index in [-0.39, 0.29) is 18.5 Å². The molecule has 2 atom stereocenters. The lowest BCUT2D eigenvalue weighted by Gasteiger charge is -2.35. The molecule has 0 aromatic rings. The first-order chi connectivity index (χ1) is 6.86. The fraction of sp³-hybridized carbons (Fsp3) is 0.800. The average molecular weight is 222 g/mol. The summed E-state index contributed by atoms with van der Waals surface area (Å²) in [6.45, 7) is 0. The summed E-state index contributed by atoms with van der Waals surface area (Å²) in [6, 6.07) is 0.0164. The average Bonchev–Trinajstić information content (AvgIpc) is 2.15. The van der Waals surface area contributed by atoms with Crippen molar-refractivity contribution < 1.29 is 13.2 Å². The first-order valence-corrected chi connectivity index (χ1v) is 4.96. The Morgan fingerprint density at radius 3 is 2.40 bits per heavy atom. The van der Waals surface area contributed by atoms with Crippen LogP contribution in [0.25, 0.3) is 0 Å². The summed E-state index contributed by atoms with van der Waals surface area (Å²) in [7, 11) is 5.49. The maximum Gasteiger partial charge on any atom is 0.412 e. The van der Waals surface area contributed by atoms with Crippen LogP contribution in [0.1, 0.15) is 12.8 Å². The highest BCUT2D eigenvalue weighted by molar-refractivity contribution is 5.17. The van der Waals surface area contributed by atoms with Crippen LogP contribution in [0, 0.1) is 0 Å². The van der Waals surface area contributed by atoms with Gasteiger partial charge in [-0.2, -0.15) is 13.2 Å². The number of likely N-dealkylation sites (N-methyl/N-ethyl adjacent to an activating group) is 2. The lowest BCUT2D eigenvalue weighted by Crippen LogP contribution is -2.48. The van der Waals surface area contributed by atoms with Gasteiger partial charge in [-0.3, -0.25) is 0 Å². The minimum absolute atomic E-state index is 0.0584. The van der Waals surface area contributed by atoms with Gasteiger partial charge in [-0.25, -0.2) is 0 Å². The van der Waals surface area contributed by atoms with Gasteiger partial charge in [0.15, 0.2) is 0 Å². The summed E-state index contributed by atoms with van der Waals surface area (Å²) >= 11 is 0. The predicted octanol–water partition coefficient (Wildman–Crippen LogP) is 1.79. The summed E-state index contributed by atoms with van der Waals surface area (Å²) in [5.41, 5.74) is -0.403. The predicted molar refractivity (Wildman–Crippen MR) is 53.7 cm³/mol. The van der Waals surface area contributed by atoms with E-state index in [0.717, 1.165) is 0 Å². The van der Waals surface area contributed by atoms with Crippen LogP contribution in [-0.2, 0) is 0 Å². The standard InChI is InChI=1S/C10H17F3N2/c1-14-8-6-7(10(11,12)13)4-5-9(8)15(2)3/h4,8-9,14H,5-6H2,1-3H3/t8-,9-/m0/s1. The Kier molecular flexibility index (Phi) is 3.78. The topological polar surface area (TPSA) is 15.3 Å². The third kappa shape index (κ3) is 2.95. The van der Waals surface area contributed by atoms with Crippen molar-refractivity contribution in [1.29, 1.82) is 0 Å². The zero-order valence-corrected chi connectivity index (χ0v) is 9.23. The van der Waals surface area contributed by atoms with E-state index in [1.807, 2.05) is 19.0 Å². The highest BCUT2D eigenvalue weighted by atomic mass is 19.4. The molecule has 1 aliphatic carbocycles. The van der Waals surface area contributed by atoms with Gasteiger partial charge in [-0.15, -0.1) is 0 Å². The molecule has 0 bridgehead atoms. The summed E-state index contributed by atoms with van der Waals surface area (Å²) in [5, 5.41) is 2.95. The van der Waals surface area contributed by atoms with Crippen LogP contribution in [0.2, 0.25) is 0 Å². The van der Waals surface area contributed by atoms with Crippen LogP contribution < -0.4 is 5.32 Å². The van der Waals surface area contributed by atoms with Gasteiger partial charge in [0.05, 0.1) is 0 Å². The molecule has 0 spiro atoms. The van der Waals surface area contributed by atoms with Crippen LogP contribution in [0.15, 0.2) is 11.6 Å². The Labute approximate surface area is 88.1 Å². The zero-order valence-electron chi connectivity index (χ0n) is 9.23. The van der Waals surface area contributed by atoms with Gasteiger partial charge in [0.1, 0.15) is 0 Å². The number of hydrogen-bond acceptors (Lipinski definition) is 2. The molecule has 0 saturated carbocycles. The maximum atomic E-state index is 12.5. The molecule has 0 aliphatic heterocycles. The van der Waals surface area contributed by atoms with Crippen molar-refractivity contribution in [3.8, 4) is 0 Å². The third-order valence-corrected chi connectivity index (χ3v) is 2.91. The normalized spacial score (nSPS) is 28.1. The fourth-order valence-corrected chi connectivity index (χ4v) is 1.98. The summed E-state index contributed by atoms with van der Waals surface area (Å²) < 4.78 is 37.4. The van der Waals surface area contributed by atoms with E-state index in [9.17, 15) is 13.2 Å². The van der Waals surface area contributed by atoms with Crippen molar-refractivity contribution in [2.45, 2.75) is 31.1 Å². The zero-order chi connectivity index (χ0) is 11.6. The SMILES string of the molecule is CN[C@H]1CC(C(F)(F)F)=CC[C@@H]1N(C)C. The second-order valence-corrected chi connectivity index (χ2v) is 4.09. The molecule has 0 heterocycles. The van der Waals surface area contributed by atoms with Gasteiger partial charge >= 0.3 is 6.18 Å². The molecule has 1 N–H and O–H groups in total. The third-order valence-electron chi connectivity index (χ3n) is 2.91. The molecule has 1 aliphatic rings. The molecule has 0 aromatic carbocycles. The molecule has 1 rings (SSSR count). The van der Waals surface area contributed by atoms with Gasteiger partial charge in [-0.1, -0.05) is 6.08 Å². The van der Waals surface area contributed by atoms with E-state index in [1.165, 1.54) is 6.08 Å². The smallest absolute Gasteiger partial charge is 0.315 e. The largest absolute Gasteiger partial charge is 0.412 e. The van der Waals surface area contributed by atoms with Crippen LogP contribution >= 0.6 is 0 Å². The lowest BCUT2D eigenvalue weighted by molar-refractivity contribution is -0.0967. The Morgan fingerprint density at radius 2 is 2.00 bits per heavy atom. The van der Waals surface area contributed by atoms with E-state index in [2.05, 4.69) is 5.32 Å². The molecule has 0 radical (unpaired) electrons. The Bertz CT molecular complexity index is 246. The van der Waals surface area contributed by atoms with Crippen LogP contribution in [0.3, 0.4) is 0 Å². The molecule has 0 amide bonds. The first kappa shape index (κ1) is 12.5. The molecule has 88 valence electrons. The number of nitrogens with one attached hydrogen (secondary N) is 1. The van der Waals surface area contributed by atoms with E-state index in [1.54, 1.807) is 7.05 Å². The van der Waals surface area contributed by atoms with E-state index < -0.39 is 11.7 Å². The fourth-order valence-electron chi connectivity index (χ4n) is 1.98. The molecule has 5 heteroatoms. The Morgan fingerprint density at radius 1 is 1.40 bits per heavy atom. The monoisotopic (exact) mass is 222 g/mol. The number of nitrogens with zero attached hydrogens (tertiary/aromatic N) is 1.